The highest BCUT2D eigenvalue weighted by atomic mass is 19.4. The molecule has 0 spiro atoms. The van der Waals surface area contributed by atoms with Crippen molar-refractivity contribution in [1.82, 2.24) is 10.2 Å². The average Bonchev–Trinajstić information content (AvgIpc) is 3.25. The highest BCUT2D eigenvalue weighted by Gasteiger charge is 2.30. The zero-order valence-electron chi connectivity index (χ0n) is 17.4. The smallest absolute Gasteiger partial charge is 0.416 e. The molecule has 0 aromatic heterocycles. The van der Waals surface area contributed by atoms with Crippen LogP contribution in [0.25, 0.3) is 0 Å². The minimum absolute atomic E-state index is 0.0479. The van der Waals surface area contributed by atoms with Crippen molar-refractivity contribution in [2.45, 2.75) is 37.9 Å². The zero-order chi connectivity index (χ0) is 21.8. The lowest BCUT2D eigenvalue weighted by atomic mass is 9.93. The molecule has 1 N–H and O–H groups in total. The van der Waals surface area contributed by atoms with Crippen LogP contribution in [-0.4, -0.2) is 43.5 Å². The first-order chi connectivity index (χ1) is 14.9. The van der Waals surface area contributed by atoms with Crippen LogP contribution in [0.5, 0.6) is 5.75 Å². The minimum Gasteiger partial charge on any atom is -0.486 e. The number of Topliss-reactive ketones (excluding diaryl/α,β-unsaturated/α-hetero) is 1. The molecule has 2 aromatic carbocycles. The van der Waals surface area contributed by atoms with Gasteiger partial charge >= 0.3 is 6.18 Å². The van der Waals surface area contributed by atoms with E-state index in [2.05, 4.69) is 16.3 Å². The predicted octanol–water partition coefficient (Wildman–Crippen LogP) is 4.18. The van der Waals surface area contributed by atoms with Gasteiger partial charge in [-0.25, -0.2) is 0 Å². The normalized spacial score (nSPS) is 19.3. The summed E-state index contributed by atoms with van der Waals surface area (Å²) in [6.07, 6.45) is -0.978. The zero-order valence-corrected chi connectivity index (χ0v) is 17.4. The van der Waals surface area contributed by atoms with E-state index in [1.54, 1.807) is 0 Å². The van der Waals surface area contributed by atoms with Crippen LogP contribution in [0.1, 0.15) is 41.1 Å². The molecule has 7 heteroatoms. The number of nitrogens with one attached hydrogen (secondary N) is 1. The van der Waals surface area contributed by atoms with E-state index < -0.39 is 11.7 Å². The Kier molecular flexibility index (Phi) is 6.62. The average molecular weight is 432 g/mol. The number of fused-ring (bicyclic) bond motifs is 1. The van der Waals surface area contributed by atoms with Gasteiger partial charge in [0.2, 0.25) is 0 Å². The van der Waals surface area contributed by atoms with Crippen molar-refractivity contribution in [3.63, 3.8) is 0 Å². The van der Waals surface area contributed by atoms with E-state index in [0.717, 1.165) is 56.0 Å². The topological polar surface area (TPSA) is 41.6 Å². The molecule has 4 rings (SSSR count). The van der Waals surface area contributed by atoms with E-state index in [0.29, 0.717) is 5.56 Å². The number of benzene rings is 2. The molecule has 4 nitrogen and oxygen atoms in total. The molecule has 2 heterocycles. The van der Waals surface area contributed by atoms with Crippen molar-refractivity contribution in [1.29, 1.82) is 0 Å². The Morgan fingerprint density at radius 2 is 1.84 bits per heavy atom. The number of carbonyl (C=O) groups excluding carboxylic acids is 1. The van der Waals surface area contributed by atoms with Crippen LogP contribution in [0.2, 0.25) is 0 Å². The van der Waals surface area contributed by atoms with Crippen molar-refractivity contribution in [2.75, 3.05) is 32.8 Å². The number of halogens is 3. The Morgan fingerprint density at radius 3 is 2.55 bits per heavy atom. The maximum atomic E-state index is 12.7. The van der Waals surface area contributed by atoms with Crippen molar-refractivity contribution < 1.29 is 22.7 Å². The summed E-state index contributed by atoms with van der Waals surface area (Å²) in [5.74, 6) is 0.561. The summed E-state index contributed by atoms with van der Waals surface area (Å²) in [7, 11) is 0. The molecule has 2 aromatic rings. The Labute approximate surface area is 180 Å². The van der Waals surface area contributed by atoms with Gasteiger partial charge in [0.15, 0.2) is 5.78 Å². The van der Waals surface area contributed by atoms with Gasteiger partial charge in [-0.15, -0.1) is 0 Å². The van der Waals surface area contributed by atoms with Gasteiger partial charge in [0.05, 0.1) is 5.56 Å². The molecule has 2 aliphatic heterocycles. The van der Waals surface area contributed by atoms with E-state index in [4.69, 9.17) is 4.74 Å². The number of hydrogen-bond acceptors (Lipinski definition) is 4. The molecule has 1 atom stereocenters. The van der Waals surface area contributed by atoms with Gasteiger partial charge in [-0.1, -0.05) is 24.3 Å². The molecule has 0 bridgehead atoms. The summed E-state index contributed by atoms with van der Waals surface area (Å²) < 4.78 is 43.9. The van der Waals surface area contributed by atoms with E-state index in [1.165, 1.54) is 30.5 Å². The van der Waals surface area contributed by atoms with Crippen molar-refractivity contribution in [3.05, 3.63) is 64.7 Å². The van der Waals surface area contributed by atoms with Gasteiger partial charge in [0.1, 0.15) is 12.4 Å². The molecule has 31 heavy (non-hydrogen) atoms. The van der Waals surface area contributed by atoms with Gasteiger partial charge in [0, 0.05) is 24.6 Å². The van der Waals surface area contributed by atoms with Gasteiger partial charge in [0.25, 0.3) is 0 Å². The lowest BCUT2D eigenvalue weighted by Crippen LogP contribution is -2.38. The molecule has 1 fully saturated rings. The third-order valence-electron chi connectivity index (χ3n) is 6.02. The van der Waals surface area contributed by atoms with E-state index in [9.17, 15) is 18.0 Å². The molecule has 0 radical (unpaired) electrons. The monoisotopic (exact) mass is 432 g/mol. The molecule has 1 unspecified atom stereocenters. The molecule has 166 valence electrons. The third kappa shape index (κ3) is 5.46. The van der Waals surface area contributed by atoms with Gasteiger partial charge in [-0.2, -0.15) is 13.2 Å². The predicted molar refractivity (Wildman–Crippen MR) is 112 cm³/mol. The van der Waals surface area contributed by atoms with Gasteiger partial charge < -0.3 is 15.0 Å². The molecule has 0 amide bonds. The summed E-state index contributed by atoms with van der Waals surface area (Å²) in [6, 6.07) is 10.9. The van der Waals surface area contributed by atoms with Crippen LogP contribution in [0.3, 0.4) is 0 Å². The maximum Gasteiger partial charge on any atom is 0.416 e. The second-order valence-corrected chi connectivity index (χ2v) is 8.29. The van der Waals surface area contributed by atoms with E-state index in [1.807, 2.05) is 12.1 Å². The number of alkyl halides is 3. The summed E-state index contributed by atoms with van der Waals surface area (Å²) in [6.45, 7) is 4.03. The largest absolute Gasteiger partial charge is 0.486 e. The number of likely N-dealkylation sites (tertiary alicyclic amines) is 1. The van der Waals surface area contributed by atoms with Gasteiger partial charge in [-0.05, 0) is 68.2 Å². The summed E-state index contributed by atoms with van der Waals surface area (Å²) >= 11 is 0. The first-order valence-corrected chi connectivity index (χ1v) is 10.8. The summed E-state index contributed by atoms with van der Waals surface area (Å²) in [4.78, 5) is 14.8. The molecule has 2 aliphatic rings. The van der Waals surface area contributed by atoms with Gasteiger partial charge in [-0.3, -0.25) is 4.79 Å². The van der Waals surface area contributed by atoms with Crippen LogP contribution in [-0.2, 0) is 23.8 Å². The Hall–Kier alpha value is -2.38. The SMILES string of the molecule is O=C(COc1cccc2c1CCNC2CN1CCCC1)Cc1ccc(C(F)(F)F)cc1. The fourth-order valence-corrected chi connectivity index (χ4v) is 4.43. The number of nitrogens with zero attached hydrogens (tertiary/aromatic N) is 1. The molecular formula is C24H27F3N2O2. The lowest BCUT2D eigenvalue weighted by Gasteiger charge is -2.31. The fraction of sp³-hybridized carbons (Fsp3) is 0.458. The molecular weight excluding hydrogens is 405 g/mol. The Balaban J connectivity index is 1.37. The number of ketones is 1. The van der Waals surface area contributed by atoms with Crippen LogP contribution in [0.15, 0.2) is 42.5 Å². The van der Waals surface area contributed by atoms with E-state index >= 15 is 0 Å². The minimum atomic E-state index is -4.38. The quantitative estimate of drug-likeness (QED) is 0.713. The second kappa shape index (κ2) is 9.40. The van der Waals surface area contributed by atoms with Crippen molar-refractivity contribution in [2.24, 2.45) is 0 Å². The first-order valence-electron chi connectivity index (χ1n) is 10.8. The van der Waals surface area contributed by atoms with Crippen LogP contribution in [0, 0.1) is 0 Å². The summed E-state index contributed by atoms with van der Waals surface area (Å²) in [5, 5.41) is 3.60. The van der Waals surface area contributed by atoms with Crippen LogP contribution < -0.4 is 10.1 Å². The summed E-state index contributed by atoms with van der Waals surface area (Å²) in [5.41, 5.74) is 2.21. The maximum absolute atomic E-state index is 12.7. The Morgan fingerprint density at radius 1 is 1.10 bits per heavy atom. The fourth-order valence-electron chi connectivity index (χ4n) is 4.43. The van der Waals surface area contributed by atoms with Crippen LogP contribution >= 0.6 is 0 Å². The van der Waals surface area contributed by atoms with Crippen LogP contribution in [0.4, 0.5) is 13.2 Å². The molecule has 0 saturated carbocycles. The van der Waals surface area contributed by atoms with E-state index in [-0.39, 0.29) is 24.9 Å². The standard InChI is InChI=1S/C24H27F3N2O2/c25-24(26,27)18-8-6-17(7-9-18)14-19(30)16-31-23-5-3-4-20-21(23)10-11-28-22(20)15-29-12-1-2-13-29/h3-9,22,28H,1-2,10-16H2. The lowest BCUT2D eigenvalue weighted by molar-refractivity contribution is -0.137. The van der Waals surface area contributed by atoms with Crippen molar-refractivity contribution in [3.8, 4) is 5.75 Å². The number of rotatable bonds is 7. The third-order valence-corrected chi connectivity index (χ3v) is 6.02. The second-order valence-electron chi connectivity index (χ2n) is 8.29. The number of ether oxygens (including phenoxy) is 1. The molecule has 1 saturated heterocycles. The number of carbonyl (C=O) groups is 1. The highest BCUT2D eigenvalue weighted by Crippen LogP contribution is 2.32. The first kappa shape index (κ1) is 21.8. The highest BCUT2D eigenvalue weighted by molar-refractivity contribution is 5.82. The molecule has 0 aliphatic carbocycles. The Bertz CT molecular complexity index is 906. The number of hydrogen-bond donors (Lipinski definition) is 1. The van der Waals surface area contributed by atoms with Crippen molar-refractivity contribution >= 4 is 5.78 Å².